The molecule has 2 atom stereocenters. The van der Waals surface area contributed by atoms with Gasteiger partial charge in [0, 0.05) is 5.92 Å². The third-order valence-corrected chi connectivity index (χ3v) is 4.68. The molecule has 1 fully saturated rings. The van der Waals surface area contributed by atoms with Crippen LogP contribution in [0, 0.1) is 11.7 Å². The molecule has 0 spiro atoms. The Morgan fingerprint density at radius 2 is 1.92 bits per heavy atom. The van der Waals surface area contributed by atoms with Crippen molar-refractivity contribution in [3.8, 4) is 17.2 Å². The van der Waals surface area contributed by atoms with Crippen molar-refractivity contribution in [2.75, 3.05) is 14.2 Å². The first-order valence-corrected chi connectivity index (χ1v) is 7.79. The molecule has 1 saturated carbocycles. The van der Waals surface area contributed by atoms with Crippen LogP contribution in [-0.4, -0.2) is 25.1 Å². The third-order valence-electron chi connectivity index (χ3n) is 4.68. The van der Waals surface area contributed by atoms with Gasteiger partial charge in [-0.25, -0.2) is 4.39 Å². The van der Waals surface area contributed by atoms with E-state index in [9.17, 15) is 14.3 Å². The Morgan fingerprint density at radius 1 is 1.12 bits per heavy atom. The van der Waals surface area contributed by atoms with Gasteiger partial charge in [-0.2, -0.15) is 0 Å². The van der Waals surface area contributed by atoms with Crippen LogP contribution in [0.15, 0.2) is 36.4 Å². The summed E-state index contributed by atoms with van der Waals surface area (Å²) in [6.45, 7) is 0. The summed E-state index contributed by atoms with van der Waals surface area (Å²) in [5.74, 6) is -0.204. The van der Waals surface area contributed by atoms with Crippen molar-refractivity contribution < 1.29 is 23.8 Å². The van der Waals surface area contributed by atoms with Crippen molar-refractivity contribution in [3.05, 3.63) is 53.3 Å². The normalized spacial score (nSPS) is 19.5. The van der Waals surface area contributed by atoms with Crippen molar-refractivity contribution >= 4 is 5.78 Å². The quantitative estimate of drug-likeness (QED) is 0.844. The number of phenolic OH excluding ortho intramolecular Hbond substituents is 1. The van der Waals surface area contributed by atoms with Crippen LogP contribution in [0.4, 0.5) is 4.39 Å². The number of phenols is 1. The zero-order valence-electron chi connectivity index (χ0n) is 13.6. The number of aromatic hydroxyl groups is 1. The Labute approximate surface area is 139 Å². The van der Waals surface area contributed by atoms with E-state index < -0.39 is 5.82 Å². The molecule has 2 unspecified atom stereocenters. The van der Waals surface area contributed by atoms with Gasteiger partial charge in [-0.1, -0.05) is 6.07 Å². The number of ether oxygens (including phenoxy) is 2. The average Bonchev–Trinajstić information content (AvgIpc) is 2.56. The topological polar surface area (TPSA) is 55.8 Å². The van der Waals surface area contributed by atoms with Gasteiger partial charge in [0.2, 0.25) is 0 Å². The number of ketones is 1. The molecule has 0 saturated heterocycles. The Hall–Kier alpha value is -2.56. The van der Waals surface area contributed by atoms with Crippen molar-refractivity contribution in [3.63, 3.8) is 0 Å². The number of hydrogen-bond donors (Lipinski definition) is 1. The van der Waals surface area contributed by atoms with E-state index in [-0.39, 0.29) is 23.4 Å². The maximum Gasteiger partial charge on any atom is 0.170 e. The predicted molar refractivity (Wildman–Crippen MR) is 87.4 cm³/mol. The molecular formula is C19H19FO4. The minimum Gasteiger partial charge on any atom is -0.505 e. The van der Waals surface area contributed by atoms with Crippen LogP contribution in [0.25, 0.3) is 0 Å². The van der Waals surface area contributed by atoms with Crippen LogP contribution in [0.3, 0.4) is 0 Å². The summed E-state index contributed by atoms with van der Waals surface area (Å²) >= 11 is 0. The minimum absolute atomic E-state index is 0.0224. The number of hydrogen-bond acceptors (Lipinski definition) is 4. The van der Waals surface area contributed by atoms with E-state index in [0.717, 1.165) is 18.4 Å². The van der Waals surface area contributed by atoms with E-state index in [2.05, 4.69) is 0 Å². The Kier molecular flexibility index (Phi) is 4.42. The van der Waals surface area contributed by atoms with E-state index in [1.807, 2.05) is 0 Å². The lowest BCUT2D eigenvalue weighted by atomic mass is 9.67. The maximum absolute atomic E-state index is 13.2. The maximum atomic E-state index is 13.2. The van der Waals surface area contributed by atoms with Crippen LogP contribution in [-0.2, 0) is 0 Å². The van der Waals surface area contributed by atoms with Crippen LogP contribution in [0.1, 0.15) is 34.7 Å². The van der Waals surface area contributed by atoms with Crippen molar-refractivity contribution in [1.29, 1.82) is 0 Å². The van der Waals surface area contributed by atoms with Gasteiger partial charge in [0.05, 0.1) is 19.8 Å². The van der Waals surface area contributed by atoms with Crippen molar-refractivity contribution in [1.82, 2.24) is 0 Å². The summed E-state index contributed by atoms with van der Waals surface area (Å²) < 4.78 is 23.7. The van der Waals surface area contributed by atoms with Crippen LogP contribution >= 0.6 is 0 Å². The third kappa shape index (κ3) is 2.82. The molecule has 0 bridgehead atoms. The molecule has 2 aromatic carbocycles. The van der Waals surface area contributed by atoms with Crippen molar-refractivity contribution in [2.45, 2.75) is 18.8 Å². The highest BCUT2D eigenvalue weighted by Gasteiger charge is 2.39. The zero-order chi connectivity index (χ0) is 17.3. The largest absolute Gasteiger partial charge is 0.505 e. The van der Waals surface area contributed by atoms with E-state index in [1.165, 1.54) is 19.2 Å². The molecule has 24 heavy (non-hydrogen) atoms. The fraction of sp³-hybridized carbons (Fsp3) is 0.316. The van der Waals surface area contributed by atoms with Gasteiger partial charge in [0.1, 0.15) is 11.5 Å². The molecule has 1 aliphatic carbocycles. The van der Waals surface area contributed by atoms with Gasteiger partial charge in [-0.3, -0.25) is 4.79 Å². The minimum atomic E-state index is -0.657. The highest BCUT2D eigenvalue weighted by Crippen LogP contribution is 2.46. The molecule has 5 heteroatoms. The van der Waals surface area contributed by atoms with Gasteiger partial charge in [0.15, 0.2) is 17.3 Å². The molecular weight excluding hydrogens is 311 g/mol. The summed E-state index contributed by atoms with van der Waals surface area (Å²) in [6.07, 6.45) is 1.58. The molecule has 2 aromatic rings. The Morgan fingerprint density at radius 3 is 2.50 bits per heavy atom. The number of carbonyl (C=O) groups excluding carboxylic acids is 1. The number of benzene rings is 2. The summed E-state index contributed by atoms with van der Waals surface area (Å²) in [4.78, 5) is 12.9. The van der Waals surface area contributed by atoms with Crippen molar-refractivity contribution in [2.24, 2.45) is 5.92 Å². The average molecular weight is 330 g/mol. The van der Waals surface area contributed by atoms with Gasteiger partial charge < -0.3 is 14.6 Å². The lowest BCUT2D eigenvalue weighted by Gasteiger charge is -2.36. The Bertz CT molecular complexity index is 772. The first kappa shape index (κ1) is 16.3. The highest BCUT2D eigenvalue weighted by atomic mass is 19.1. The number of rotatable bonds is 5. The standard InChI is InChI=1S/C19H19FO4/c1-23-12-4-8-18(24-2)15(10-12)19(22)14-6-5-13(14)11-3-7-16(20)17(21)9-11/h3-4,7-10,13-14,21H,5-6H2,1-2H3. The number of halogens is 1. The molecule has 126 valence electrons. The molecule has 4 nitrogen and oxygen atoms in total. The molecule has 0 heterocycles. The van der Waals surface area contributed by atoms with E-state index >= 15 is 0 Å². The van der Waals surface area contributed by atoms with Gasteiger partial charge in [-0.15, -0.1) is 0 Å². The Balaban J connectivity index is 1.89. The molecule has 3 rings (SSSR count). The van der Waals surface area contributed by atoms with Crippen LogP contribution in [0.5, 0.6) is 17.2 Å². The van der Waals surface area contributed by atoms with E-state index in [4.69, 9.17) is 9.47 Å². The molecule has 0 aliphatic heterocycles. The van der Waals surface area contributed by atoms with Crippen LogP contribution in [0.2, 0.25) is 0 Å². The first-order chi connectivity index (χ1) is 11.5. The predicted octanol–water partition coefficient (Wildman–Crippen LogP) is 3.93. The van der Waals surface area contributed by atoms with Gasteiger partial charge in [0.25, 0.3) is 0 Å². The molecule has 0 aromatic heterocycles. The monoisotopic (exact) mass is 330 g/mol. The lowest BCUT2D eigenvalue weighted by molar-refractivity contribution is 0.0815. The van der Waals surface area contributed by atoms with Gasteiger partial charge >= 0.3 is 0 Å². The SMILES string of the molecule is COc1ccc(OC)c(C(=O)C2CCC2c2ccc(F)c(O)c2)c1. The second kappa shape index (κ2) is 6.51. The van der Waals surface area contributed by atoms with E-state index in [1.54, 1.807) is 31.4 Å². The fourth-order valence-electron chi connectivity index (χ4n) is 3.18. The zero-order valence-corrected chi connectivity index (χ0v) is 13.6. The summed E-state index contributed by atoms with van der Waals surface area (Å²) in [6, 6.07) is 9.40. The molecule has 1 aliphatic rings. The highest BCUT2D eigenvalue weighted by molar-refractivity contribution is 6.01. The molecule has 0 amide bonds. The first-order valence-electron chi connectivity index (χ1n) is 7.79. The second-order valence-corrected chi connectivity index (χ2v) is 5.93. The second-order valence-electron chi connectivity index (χ2n) is 5.93. The number of methoxy groups -OCH3 is 2. The number of Topliss-reactive ketones (excluding diaryl/α,β-unsaturated/α-hetero) is 1. The van der Waals surface area contributed by atoms with Crippen LogP contribution < -0.4 is 9.47 Å². The smallest absolute Gasteiger partial charge is 0.170 e. The van der Waals surface area contributed by atoms with Gasteiger partial charge in [-0.05, 0) is 54.7 Å². The van der Waals surface area contributed by atoms with E-state index in [0.29, 0.717) is 17.1 Å². The summed E-state index contributed by atoms with van der Waals surface area (Å²) in [5.41, 5.74) is 1.26. The molecule has 1 N–H and O–H groups in total. The number of carbonyl (C=O) groups is 1. The summed E-state index contributed by atoms with van der Waals surface area (Å²) in [5, 5.41) is 9.56. The summed E-state index contributed by atoms with van der Waals surface area (Å²) in [7, 11) is 3.07. The fourth-order valence-corrected chi connectivity index (χ4v) is 3.18. The molecule has 0 radical (unpaired) electrons. The lowest BCUT2D eigenvalue weighted by Crippen LogP contribution is -2.31.